The minimum atomic E-state index is -5.66. The molecule has 3 N–H and O–H groups in total. The van der Waals surface area contributed by atoms with Crippen molar-refractivity contribution in [3.63, 3.8) is 0 Å². The van der Waals surface area contributed by atoms with Crippen LogP contribution in [0.4, 0.5) is 22.0 Å². The molecule has 0 bridgehead atoms. The van der Waals surface area contributed by atoms with Crippen LogP contribution in [0.1, 0.15) is 12.8 Å². The van der Waals surface area contributed by atoms with Crippen molar-refractivity contribution in [2.45, 2.75) is 37.1 Å². The maximum atomic E-state index is 12.5. The van der Waals surface area contributed by atoms with Crippen LogP contribution in [0.25, 0.3) is 0 Å². The van der Waals surface area contributed by atoms with E-state index in [0.29, 0.717) is 0 Å². The summed E-state index contributed by atoms with van der Waals surface area (Å²) in [6.45, 7) is -2.49. The third-order valence-corrected chi connectivity index (χ3v) is 2.67. The maximum absolute atomic E-state index is 12.5. The van der Waals surface area contributed by atoms with Gasteiger partial charge >= 0.3 is 12.1 Å². The summed E-state index contributed by atoms with van der Waals surface area (Å²) in [5, 5.41) is 8.84. The van der Waals surface area contributed by atoms with E-state index in [9.17, 15) is 22.0 Å². The number of aliphatic hydroxyl groups is 1. The van der Waals surface area contributed by atoms with Gasteiger partial charge in [0.25, 0.3) is 0 Å². The summed E-state index contributed by atoms with van der Waals surface area (Å²) in [5.41, 5.74) is 5.56. The quantitative estimate of drug-likeness (QED) is 0.710. The number of halogens is 5. The lowest BCUT2D eigenvalue weighted by Crippen LogP contribution is -2.47. The fraction of sp³-hybridized carbons (Fsp3) is 1.00. The molecule has 0 radical (unpaired) electrons. The molecule has 0 amide bonds. The highest BCUT2D eigenvalue weighted by Gasteiger charge is 2.58. The Morgan fingerprint density at radius 2 is 1.76 bits per heavy atom. The van der Waals surface area contributed by atoms with E-state index in [-0.39, 0.29) is 5.92 Å². The van der Waals surface area contributed by atoms with E-state index in [2.05, 4.69) is 4.74 Å². The fourth-order valence-electron chi connectivity index (χ4n) is 1.36. The minimum Gasteiger partial charge on any atom is -0.394 e. The second-order valence-corrected chi connectivity index (χ2v) is 4.15. The largest absolute Gasteiger partial charge is 0.455 e. The van der Waals surface area contributed by atoms with E-state index < -0.39 is 37.5 Å². The highest BCUT2D eigenvalue weighted by atomic mass is 19.4. The maximum Gasteiger partial charge on any atom is 0.455 e. The summed E-state index contributed by atoms with van der Waals surface area (Å²) in [4.78, 5) is 0. The van der Waals surface area contributed by atoms with E-state index in [1.165, 1.54) is 0 Å². The summed E-state index contributed by atoms with van der Waals surface area (Å²) in [7, 11) is 0. The molecule has 1 saturated carbocycles. The molecule has 1 aliphatic carbocycles. The molecule has 17 heavy (non-hydrogen) atoms. The Balaban J connectivity index is 2.46. The van der Waals surface area contributed by atoms with Crippen LogP contribution in [0.5, 0.6) is 0 Å². The second kappa shape index (κ2) is 5.03. The number of hydrogen-bond donors (Lipinski definition) is 2. The molecular weight excluding hydrogens is 249 g/mol. The van der Waals surface area contributed by atoms with Gasteiger partial charge in [-0.05, 0) is 18.8 Å². The number of hydrogen-bond acceptors (Lipinski definition) is 3. The van der Waals surface area contributed by atoms with Crippen LogP contribution in [-0.2, 0) is 4.74 Å². The van der Waals surface area contributed by atoms with Gasteiger partial charge in [-0.25, -0.2) is 0 Å². The zero-order valence-electron chi connectivity index (χ0n) is 8.88. The van der Waals surface area contributed by atoms with E-state index in [1.54, 1.807) is 0 Å². The molecule has 0 aliphatic heterocycles. The molecule has 2 atom stereocenters. The van der Waals surface area contributed by atoms with Gasteiger partial charge in [-0.3, -0.25) is 0 Å². The van der Waals surface area contributed by atoms with Crippen LogP contribution in [0, 0.1) is 5.92 Å². The Morgan fingerprint density at radius 3 is 2.12 bits per heavy atom. The first-order chi connectivity index (χ1) is 7.69. The van der Waals surface area contributed by atoms with Crippen molar-refractivity contribution >= 4 is 0 Å². The first kappa shape index (κ1) is 14.6. The summed E-state index contributed by atoms with van der Waals surface area (Å²) < 4.78 is 65.0. The average molecular weight is 263 g/mol. The SMILES string of the molecule is NC(C1CC1)C(CO)OCC(F)(F)C(F)(F)F. The molecule has 0 aromatic carbocycles. The smallest absolute Gasteiger partial charge is 0.394 e. The van der Waals surface area contributed by atoms with Crippen LogP contribution in [0.2, 0.25) is 0 Å². The summed E-state index contributed by atoms with van der Waals surface area (Å²) in [6.07, 6.45) is -5.29. The lowest BCUT2D eigenvalue weighted by atomic mass is 10.1. The van der Waals surface area contributed by atoms with Crippen molar-refractivity contribution in [1.29, 1.82) is 0 Å². The lowest BCUT2D eigenvalue weighted by Gasteiger charge is -2.26. The Bertz CT molecular complexity index is 254. The predicted molar refractivity (Wildman–Crippen MR) is 48.5 cm³/mol. The molecule has 1 aliphatic rings. The molecular formula is C9H14F5NO2. The van der Waals surface area contributed by atoms with E-state index in [1.807, 2.05) is 0 Å². The van der Waals surface area contributed by atoms with Gasteiger partial charge in [0.05, 0.1) is 12.7 Å². The van der Waals surface area contributed by atoms with Crippen LogP contribution >= 0.6 is 0 Å². The molecule has 0 spiro atoms. The zero-order chi connectivity index (χ0) is 13.3. The Hall–Kier alpha value is -0.470. The number of alkyl halides is 5. The molecule has 1 fully saturated rings. The lowest BCUT2D eigenvalue weighted by molar-refractivity contribution is -0.301. The third kappa shape index (κ3) is 3.75. The van der Waals surface area contributed by atoms with Crippen molar-refractivity contribution in [2.24, 2.45) is 11.7 Å². The first-order valence-corrected chi connectivity index (χ1v) is 5.11. The van der Waals surface area contributed by atoms with Gasteiger partial charge in [-0.1, -0.05) is 0 Å². The third-order valence-electron chi connectivity index (χ3n) is 2.67. The van der Waals surface area contributed by atoms with Gasteiger partial charge in [-0.15, -0.1) is 0 Å². The highest BCUT2D eigenvalue weighted by Crippen LogP contribution is 2.37. The Labute approximate surface area is 94.7 Å². The van der Waals surface area contributed by atoms with Crippen LogP contribution in [0.3, 0.4) is 0 Å². The monoisotopic (exact) mass is 263 g/mol. The normalized spacial score (nSPS) is 21.4. The molecule has 102 valence electrons. The van der Waals surface area contributed by atoms with Crippen LogP contribution < -0.4 is 5.73 Å². The van der Waals surface area contributed by atoms with Gasteiger partial charge in [0, 0.05) is 6.04 Å². The summed E-state index contributed by atoms with van der Waals surface area (Å²) in [6, 6.07) is -0.705. The summed E-state index contributed by atoms with van der Waals surface area (Å²) >= 11 is 0. The zero-order valence-corrected chi connectivity index (χ0v) is 8.88. The molecule has 1 rings (SSSR count). The molecule has 0 saturated heterocycles. The molecule has 8 heteroatoms. The minimum absolute atomic E-state index is 0.0339. The van der Waals surface area contributed by atoms with E-state index in [0.717, 1.165) is 12.8 Å². The topological polar surface area (TPSA) is 55.5 Å². The molecule has 2 unspecified atom stereocenters. The standard InChI is InChI=1S/C9H14F5NO2/c10-8(11,9(12,13)14)4-17-6(3-16)7(15)5-1-2-5/h5-7,16H,1-4,15H2. The second-order valence-electron chi connectivity index (χ2n) is 4.15. The van der Waals surface area contributed by atoms with Crippen molar-refractivity contribution < 1.29 is 31.8 Å². The van der Waals surface area contributed by atoms with Crippen LogP contribution in [0.15, 0.2) is 0 Å². The first-order valence-electron chi connectivity index (χ1n) is 5.11. The molecule has 3 nitrogen and oxygen atoms in total. The van der Waals surface area contributed by atoms with Gasteiger partial charge in [0.1, 0.15) is 6.61 Å². The van der Waals surface area contributed by atoms with Gasteiger partial charge in [0.15, 0.2) is 0 Å². The molecule has 0 aromatic heterocycles. The number of nitrogens with two attached hydrogens (primary N) is 1. The highest BCUT2D eigenvalue weighted by molar-refractivity contribution is 4.89. The van der Waals surface area contributed by atoms with Crippen molar-refractivity contribution in [2.75, 3.05) is 13.2 Å². The van der Waals surface area contributed by atoms with Crippen LogP contribution in [-0.4, -0.2) is 42.6 Å². The van der Waals surface area contributed by atoms with E-state index >= 15 is 0 Å². The van der Waals surface area contributed by atoms with Crippen molar-refractivity contribution in [3.8, 4) is 0 Å². The number of aliphatic hydroxyl groups excluding tert-OH is 1. The van der Waals surface area contributed by atoms with Gasteiger partial charge < -0.3 is 15.6 Å². The number of rotatable bonds is 6. The molecule has 0 aromatic rings. The van der Waals surface area contributed by atoms with E-state index in [4.69, 9.17) is 10.8 Å². The summed E-state index contributed by atoms with van der Waals surface area (Å²) in [5.74, 6) is -4.89. The van der Waals surface area contributed by atoms with Crippen molar-refractivity contribution in [1.82, 2.24) is 0 Å². The fourth-order valence-corrected chi connectivity index (χ4v) is 1.36. The van der Waals surface area contributed by atoms with Gasteiger partial charge in [-0.2, -0.15) is 22.0 Å². The average Bonchev–Trinajstić information content (AvgIpc) is 2.99. The van der Waals surface area contributed by atoms with Gasteiger partial charge in [0.2, 0.25) is 0 Å². The number of ether oxygens (including phenoxy) is 1. The van der Waals surface area contributed by atoms with Crippen molar-refractivity contribution in [3.05, 3.63) is 0 Å². The Morgan fingerprint density at radius 1 is 1.24 bits per heavy atom. The Kier molecular flexibility index (Phi) is 4.32. The molecule has 0 heterocycles. The predicted octanol–water partition coefficient (Wildman–Crippen LogP) is 1.30.